The minimum Gasteiger partial charge on any atom is -0.481 e. The second-order valence-electron chi connectivity index (χ2n) is 25.4. The second-order valence-corrected chi connectivity index (χ2v) is 25.4. The molecule has 3 aliphatic rings. The number of benzene rings is 8. The van der Waals surface area contributed by atoms with Crippen LogP contribution in [-0.4, -0.2) is 65.6 Å². The first-order chi connectivity index (χ1) is 48.8. The summed E-state index contributed by atoms with van der Waals surface area (Å²) in [5.41, 5.74) is 13.6. The number of alkyl halides is 6. The fourth-order valence-electron chi connectivity index (χ4n) is 12.4. The number of fused-ring (bicyclic) bond motifs is 3. The van der Waals surface area contributed by atoms with E-state index in [1.807, 2.05) is 89.2 Å². The molecule has 0 spiro atoms. The number of halogens is 6. The average molecular weight is 1490 g/mol. The second kappa shape index (κ2) is 37.4. The molecule has 0 saturated heterocycles. The molecule has 0 saturated carbocycles. The van der Waals surface area contributed by atoms with Crippen molar-refractivity contribution in [3.63, 3.8) is 0 Å². The monoisotopic (exact) mass is 1490 g/mol. The van der Waals surface area contributed by atoms with Crippen LogP contribution in [0.2, 0.25) is 0 Å². The summed E-state index contributed by atoms with van der Waals surface area (Å²) in [4.78, 5) is 98.6. The van der Waals surface area contributed by atoms with Gasteiger partial charge in [-0.1, -0.05) is 152 Å². The van der Waals surface area contributed by atoms with E-state index in [4.69, 9.17) is 20.3 Å². The molecule has 11 rings (SSSR count). The largest absolute Gasteiger partial charge is 0.481 e. The number of Topliss-reactive ketones (excluding diaryl/α,β-unsaturated/α-hetero) is 3. The van der Waals surface area contributed by atoms with Gasteiger partial charge in [-0.3, -0.25) is 28.8 Å². The van der Waals surface area contributed by atoms with Gasteiger partial charge in [0.05, 0.1) is 43.6 Å². The molecule has 0 aromatic heterocycles. The van der Waals surface area contributed by atoms with Gasteiger partial charge >= 0.3 is 42.3 Å². The Kier molecular flexibility index (Phi) is 30.3. The van der Waals surface area contributed by atoms with Crippen molar-refractivity contribution in [2.24, 2.45) is 16.2 Å². The molecule has 3 aliphatic carbocycles. The van der Waals surface area contributed by atoms with E-state index in [1.54, 1.807) is 94.4 Å². The van der Waals surface area contributed by atoms with Crippen LogP contribution < -0.4 is 27.0 Å². The van der Waals surface area contributed by atoms with Crippen molar-refractivity contribution >= 4 is 75.8 Å². The van der Waals surface area contributed by atoms with Gasteiger partial charge in [0, 0.05) is 78.4 Å². The number of urea groups is 2. The van der Waals surface area contributed by atoms with Crippen molar-refractivity contribution in [2.75, 3.05) is 40.2 Å². The molecule has 0 radical (unpaired) electrons. The average Bonchev–Trinajstić information content (AvgIpc) is 0.779. The number of carboxylic acid groups (broad SMARTS) is 1. The van der Waals surface area contributed by atoms with Crippen molar-refractivity contribution < 1.29 is 96.3 Å². The van der Waals surface area contributed by atoms with E-state index in [0.29, 0.717) is 61.2 Å². The number of nitrogens with two attached hydrogens (primary N) is 1. The minimum absolute atomic E-state index is 0. The zero-order valence-electron chi connectivity index (χ0n) is 60.2. The van der Waals surface area contributed by atoms with Crippen LogP contribution in [0.3, 0.4) is 0 Å². The van der Waals surface area contributed by atoms with Crippen molar-refractivity contribution in [3.8, 4) is 33.4 Å². The summed E-state index contributed by atoms with van der Waals surface area (Å²) in [6.45, 7) is 17.5. The SMILES string of the molecule is CC.CC.CC1(CC(=O)O)CCc2cc(-c3ccc(NC(=O)Nc4cccc(C(F)(F)F)c4)cc3)ccc2C1=O.CCOC(=O)CC1(C)CCc2cc(-c3ccc(N)cc3)ccc2C1=O.CCOC(=O)CC1(C)CCc2cc(-c3ccc(NC(=O)Nc4cccc(C(F)(F)F)c4)cc3)ccc2C1=O.[CH3-].[Fe]. The fourth-order valence-corrected chi connectivity index (χ4v) is 12.4. The number of ether oxygens (including phenoxy) is 2. The summed E-state index contributed by atoms with van der Waals surface area (Å²) >= 11 is 0. The Bertz CT molecular complexity index is 4400. The van der Waals surface area contributed by atoms with E-state index >= 15 is 0 Å². The molecule has 558 valence electrons. The van der Waals surface area contributed by atoms with Crippen molar-refractivity contribution in [2.45, 2.75) is 132 Å². The molecule has 105 heavy (non-hydrogen) atoms. The van der Waals surface area contributed by atoms with Crippen LogP contribution in [0.4, 0.5) is 64.4 Å². The standard InChI is InChI=1S/C29H27F3N2O4.C27H23F3N2O4.C21H23NO3.2C2H6.CH3.Fe/c1-3-38-25(35)17-28(2)14-13-20-15-19(9-12-24(20)26(28)36)18-7-10-22(11-8-18)33-27(37)34-23-6-4-5-21(16-23)29(30,31)32;1-26(15-23(33)34)12-11-18-13-17(7-10-22(18)24(26)35)16-5-8-20(9-6-16)31-25(36)32-21-4-2-3-19(14-21)27(28,29)30;1-3-25-19(23)13-21(2)11-10-16-12-15(6-9-18(16)20(21)24)14-4-7-17(22)8-5-14;2*1-2;;/h4-12,15-16H,3,13-14,17H2,1-2H3,(H2,33,34,37);2-10,13-14H,11-12,15H2,1H3,(H,33,34)(H2,31,32,36);4-9,12H,3,10-11,13,22H2,1-2H3;2*1-2H3;1H3;/q;;;;;-1;. The van der Waals surface area contributed by atoms with Gasteiger partial charge in [0.15, 0.2) is 17.3 Å². The van der Waals surface area contributed by atoms with E-state index in [2.05, 4.69) is 27.3 Å². The first kappa shape index (κ1) is 85.3. The Balaban J connectivity index is 0.000000279. The normalized spacial score (nSPS) is 16.8. The summed E-state index contributed by atoms with van der Waals surface area (Å²) < 4.78 is 87.3. The van der Waals surface area contributed by atoms with Crippen LogP contribution >= 0.6 is 0 Å². The zero-order chi connectivity index (χ0) is 75.6. The van der Waals surface area contributed by atoms with E-state index < -0.39 is 57.8 Å². The number of aliphatic carboxylic acids is 1. The number of amides is 4. The van der Waals surface area contributed by atoms with Gasteiger partial charge in [0.25, 0.3) is 0 Å². The van der Waals surface area contributed by atoms with E-state index in [9.17, 15) is 64.7 Å². The van der Waals surface area contributed by atoms with Crippen molar-refractivity contribution in [1.29, 1.82) is 0 Å². The number of rotatable bonds is 15. The summed E-state index contributed by atoms with van der Waals surface area (Å²) in [7, 11) is 0. The molecule has 0 heterocycles. The molecule has 0 aliphatic heterocycles. The van der Waals surface area contributed by atoms with E-state index in [0.717, 1.165) is 92.0 Å². The fraction of sp³-hybridized carbons (Fsp3) is 0.305. The van der Waals surface area contributed by atoms with Crippen LogP contribution in [-0.2, 0) is 72.5 Å². The Hall–Kier alpha value is -10.4. The number of nitrogen functional groups attached to an aromatic ring is 1. The number of anilines is 5. The first-order valence-electron chi connectivity index (χ1n) is 34.0. The zero-order valence-corrected chi connectivity index (χ0v) is 61.4. The molecule has 8 aromatic rings. The third-order valence-corrected chi connectivity index (χ3v) is 17.8. The van der Waals surface area contributed by atoms with Gasteiger partial charge < -0.3 is 49.0 Å². The maximum atomic E-state index is 13.2. The first-order valence-corrected chi connectivity index (χ1v) is 34.0. The summed E-state index contributed by atoms with van der Waals surface area (Å²) in [5.74, 6) is -1.87. The Labute approximate surface area is 619 Å². The molecule has 3 unspecified atom stereocenters. The van der Waals surface area contributed by atoms with Crippen LogP contribution in [0.25, 0.3) is 33.4 Å². The maximum absolute atomic E-state index is 13.2. The number of ketones is 3. The quantitative estimate of drug-likeness (QED) is 0.0184. The number of hydrogen-bond acceptors (Lipinski definition) is 11. The number of carboxylic acids is 1. The van der Waals surface area contributed by atoms with Gasteiger partial charge in [-0.05, 0) is 175 Å². The molecule has 16 nitrogen and oxygen atoms in total. The molecule has 0 bridgehead atoms. The molecule has 4 amide bonds. The Morgan fingerprint density at radius 1 is 0.429 bits per heavy atom. The molecular formula is C82H88F6FeN5O11-. The number of carbonyl (C=O) groups excluding carboxylic acids is 7. The van der Waals surface area contributed by atoms with E-state index in [1.165, 1.54) is 24.3 Å². The third kappa shape index (κ3) is 22.3. The van der Waals surface area contributed by atoms with Gasteiger partial charge in [-0.25, -0.2) is 9.59 Å². The van der Waals surface area contributed by atoms with Gasteiger partial charge in [-0.15, -0.1) is 0 Å². The smallest absolute Gasteiger partial charge is 0.416 e. The van der Waals surface area contributed by atoms with E-state index in [-0.39, 0.29) is 91.0 Å². The number of carbonyl (C=O) groups is 8. The molecule has 3 atom stereocenters. The predicted molar refractivity (Wildman–Crippen MR) is 394 cm³/mol. The van der Waals surface area contributed by atoms with Crippen LogP contribution in [0, 0.1) is 23.7 Å². The molecule has 7 N–H and O–H groups in total. The van der Waals surface area contributed by atoms with Crippen molar-refractivity contribution in [3.05, 3.63) is 228 Å². The number of aryl methyl sites for hydroxylation is 3. The predicted octanol–water partition coefficient (Wildman–Crippen LogP) is 20.3. The van der Waals surface area contributed by atoms with Crippen LogP contribution in [0.5, 0.6) is 0 Å². The van der Waals surface area contributed by atoms with Gasteiger partial charge in [0.1, 0.15) is 0 Å². The maximum Gasteiger partial charge on any atom is 0.416 e. The molecule has 8 aromatic carbocycles. The number of nitrogens with one attached hydrogen (secondary N) is 4. The van der Waals surface area contributed by atoms with Gasteiger partial charge in [0.2, 0.25) is 0 Å². The van der Waals surface area contributed by atoms with Crippen molar-refractivity contribution in [1.82, 2.24) is 0 Å². The summed E-state index contributed by atoms with van der Waals surface area (Å²) in [5, 5.41) is 19.1. The van der Waals surface area contributed by atoms with Gasteiger partial charge in [-0.2, -0.15) is 26.3 Å². The minimum atomic E-state index is -4.51. The van der Waals surface area contributed by atoms with Crippen LogP contribution in [0.15, 0.2) is 176 Å². The molecular weight excluding hydrogens is 1400 g/mol. The van der Waals surface area contributed by atoms with Crippen LogP contribution in [0.1, 0.15) is 160 Å². The topological polar surface area (TPSA) is 249 Å². The molecule has 0 fully saturated rings. The number of hydrogen-bond donors (Lipinski definition) is 6. The molecule has 23 heteroatoms. The Morgan fingerprint density at radius 3 is 1.01 bits per heavy atom. The third-order valence-electron chi connectivity index (χ3n) is 17.8. The summed E-state index contributed by atoms with van der Waals surface area (Å²) in [6, 6.07) is 45.9. The summed E-state index contributed by atoms with van der Waals surface area (Å²) in [6.07, 6.45) is -5.35. The Morgan fingerprint density at radius 2 is 0.714 bits per heavy atom. The number of esters is 2.